The first kappa shape index (κ1) is 9.27. The maximum Gasteiger partial charge on any atom is 0.132 e. The Morgan fingerprint density at radius 1 is 1.25 bits per heavy atom. The summed E-state index contributed by atoms with van der Waals surface area (Å²) < 4.78 is 46.2. The molecule has 0 saturated carbocycles. The molecule has 0 aliphatic carbocycles. The lowest BCUT2D eigenvalue weighted by Gasteiger charge is -2.30. The maximum atomic E-state index is 8.27. The highest BCUT2D eigenvalue weighted by Gasteiger charge is 2.31. The number of rotatable bonds is 6. The van der Waals surface area contributed by atoms with Crippen molar-refractivity contribution >= 4 is 0 Å². The van der Waals surface area contributed by atoms with Crippen molar-refractivity contribution in [1.82, 2.24) is 9.88 Å². The predicted octanol–water partition coefficient (Wildman–Crippen LogP) is 2.92. The minimum atomic E-state index is -1.26. The molecule has 1 atom stereocenters. The molecule has 1 heterocycles. The molecule has 1 aromatic heterocycles. The summed E-state index contributed by atoms with van der Waals surface area (Å²) in [6, 6.07) is 3.54. The molecule has 2 aromatic rings. The van der Waals surface area contributed by atoms with Gasteiger partial charge in [-0.05, 0) is 38.7 Å². The van der Waals surface area contributed by atoms with E-state index >= 15 is 0 Å². The van der Waals surface area contributed by atoms with Gasteiger partial charge >= 0.3 is 0 Å². The Labute approximate surface area is 128 Å². The van der Waals surface area contributed by atoms with E-state index in [2.05, 4.69) is 4.98 Å². The van der Waals surface area contributed by atoms with Crippen molar-refractivity contribution in [3.8, 4) is 0 Å². The summed E-state index contributed by atoms with van der Waals surface area (Å²) in [5.41, 5.74) is -0.673. The van der Waals surface area contributed by atoms with Gasteiger partial charge in [0.15, 0.2) is 0 Å². The zero-order chi connectivity index (χ0) is 18.8. The fraction of sp³-hybridized carbons (Fsp3) is 0.353. The maximum absolute atomic E-state index is 8.27. The second-order valence-corrected chi connectivity index (χ2v) is 4.90. The van der Waals surface area contributed by atoms with E-state index in [-0.39, 0.29) is 29.7 Å². The lowest BCUT2D eigenvalue weighted by atomic mass is 9.91. The van der Waals surface area contributed by atoms with Gasteiger partial charge in [0, 0.05) is 12.7 Å². The summed E-state index contributed by atoms with van der Waals surface area (Å²) >= 11 is 0. The van der Waals surface area contributed by atoms with Crippen molar-refractivity contribution in [1.29, 1.82) is 0 Å². The van der Waals surface area contributed by atoms with E-state index in [4.69, 9.17) is 11.6 Å². The zero-order valence-electron chi connectivity index (χ0n) is 17.0. The molecule has 0 spiro atoms. The molecule has 0 bridgehead atoms. The average Bonchev–Trinajstić information content (AvgIpc) is 2.59. The molecule has 0 fully saturated rings. The van der Waals surface area contributed by atoms with Gasteiger partial charge in [0.2, 0.25) is 0 Å². The van der Waals surface area contributed by atoms with Crippen molar-refractivity contribution in [3.63, 3.8) is 0 Å². The third-order valence-electron chi connectivity index (χ3n) is 3.06. The van der Waals surface area contributed by atoms with E-state index < -0.39 is 11.6 Å². The van der Waals surface area contributed by atoms with Crippen molar-refractivity contribution in [2.45, 2.75) is 12.5 Å². The van der Waals surface area contributed by atoms with Crippen LogP contribution in [0.25, 0.3) is 0 Å². The SMILES string of the molecule is [2H]c1c([2H])c([2H])c([C@](C)(OCCN(C)C)c2ccccn2)c([2H])c1[2H]. The summed E-state index contributed by atoms with van der Waals surface area (Å²) in [7, 11) is 3.82. The Morgan fingerprint density at radius 2 is 2.00 bits per heavy atom. The van der Waals surface area contributed by atoms with E-state index in [0.717, 1.165) is 0 Å². The number of likely N-dealkylation sites (N-methyl/N-ethyl adjacent to an activating group) is 1. The number of hydrogen-bond acceptors (Lipinski definition) is 3. The van der Waals surface area contributed by atoms with Crippen molar-refractivity contribution < 1.29 is 11.6 Å². The molecule has 0 unspecified atom stereocenters. The van der Waals surface area contributed by atoms with Crippen LogP contribution in [-0.2, 0) is 10.3 Å². The Balaban J connectivity index is 2.65. The van der Waals surface area contributed by atoms with Gasteiger partial charge in [0.25, 0.3) is 0 Å². The molecule has 1 aromatic carbocycles. The Bertz CT molecular complexity index is 725. The molecule has 0 aliphatic heterocycles. The fourth-order valence-electron chi connectivity index (χ4n) is 1.84. The highest BCUT2D eigenvalue weighted by Crippen LogP contribution is 2.31. The van der Waals surface area contributed by atoms with Crippen LogP contribution in [0.15, 0.2) is 54.6 Å². The van der Waals surface area contributed by atoms with E-state index in [1.54, 1.807) is 31.3 Å². The van der Waals surface area contributed by atoms with E-state index in [1.165, 1.54) is 0 Å². The van der Waals surface area contributed by atoms with Gasteiger partial charge in [-0.25, -0.2) is 0 Å². The van der Waals surface area contributed by atoms with Crippen LogP contribution in [0.4, 0.5) is 0 Å². The summed E-state index contributed by atoms with van der Waals surface area (Å²) in [4.78, 5) is 6.26. The van der Waals surface area contributed by atoms with Gasteiger partial charge in [-0.3, -0.25) is 4.98 Å². The van der Waals surface area contributed by atoms with Gasteiger partial charge in [-0.2, -0.15) is 0 Å². The van der Waals surface area contributed by atoms with Crippen LogP contribution >= 0.6 is 0 Å². The molecule has 0 amide bonds. The molecule has 106 valence electrons. The molecule has 0 N–H and O–H groups in total. The molecule has 2 rings (SSSR count). The highest BCUT2D eigenvalue weighted by molar-refractivity contribution is 5.31. The number of hydrogen-bond donors (Lipinski definition) is 0. The van der Waals surface area contributed by atoms with Gasteiger partial charge in [0.1, 0.15) is 5.60 Å². The van der Waals surface area contributed by atoms with Crippen LogP contribution in [0.5, 0.6) is 0 Å². The minimum Gasteiger partial charge on any atom is -0.363 e. The van der Waals surface area contributed by atoms with Crippen LogP contribution < -0.4 is 0 Å². The Morgan fingerprint density at radius 3 is 2.60 bits per heavy atom. The van der Waals surface area contributed by atoms with E-state index in [1.807, 2.05) is 19.0 Å². The largest absolute Gasteiger partial charge is 0.363 e. The van der Waals surface area contributed by atoms with Gasteiger partial charge in [0.05, 0.1) is 19.2 Å². The fourth-order valence-corrected chi connectivity index (χ4v) is 1.84. The zero-order valence-corrected chi connectivity index (χ0v) is 12.0. The van der Waals surface area contributed by atoms with Crippen LogP contribution in [0.2, 0.25) is 0 Å². The standard InChI is InChI=1S/C17H22N2O/c1-17(20-14-13-19(2)3,15-9-5-4-6-10-15)16-11-7-8-12-18-16/h4-12H,13-14H2,1-3H3/t17-/m0/s1/i4D,5D,6D,9D,10D. The normalized spacial score (nSPS) is 17.7. The second-order valence-electron chi connectivity index (χ2n) is 4.90. The smallest absolute Gasteiger partial charge is 0.132 e. The first-order valence-corrected chi connectivity index (χ1v) is 6.47. The number of aromatic nitrogens is 1. The summed E-state index contributed by atoms with van der Waals surface area (Å²) in [5.74, 6) is 0. The third-order valence-corrected chi connectivity index (χ3v) is 3.06. The van der Waals surface area contributed by atoms with Gasteiger partial charge in [-0.15, -0.1) is 0 Å². The topological polar surface area (TPSA) is 25.4 Å². The molecule has 0 radical (unpaired) electrons. The lowest BCUT2D eigenvalue weighted by Crippen LogP contribution is -2.32. The quantitative estimate of drug-likeness (QED) is 0.810. The summed E-state index contributed by atoms with van der Waals surface area (Å²) in [6.07, 6.45) is 1.60. The molecule has 3 heteroatoms. The van der Waals surface area contributed by atoms with Crippen molar-refractivity contribution in [3.05, 3.63) is 65.9 Å². The number of pyridine rings is 1. The van der Waals surface area contributed by atoms with E-state index in [0.29, 0.717) is 18.8 Å². The number of ether oxygens (including phenoxy) is 1. The van der Waals surface area contributed by atoms with Gasteiger partial charge in [-0.1, -0.05) is 36.3 Å². The summed E-state index contributed by atoms with van der Waals surface area (Å²) in [5, 5.41) is 0. The number of nitrogens with zero attached hydrogens (tertiary/aromatic N) is 2. The third kappa shape index (κ3) is 3.44. The van der Waals surface area contributed by atoms with Crippen LogP contribution in [0, 0.1) is 0 Å². The highest BCUT2D eigenvalue weighted by atomic mass is 16.5. The van der Waals surface area contributed by atoms with Gasteiger partial charge < -0.3 is 9.64 Å². The average molecular weight is 275 g/mol. The predicted molar refractivity (Wildman–Crippen MR) is 81.6 cm³/mol. The van der Waals surface area contributed by atoms with Crippen LogP contribution in [0.3, 0.4) is 0 Å². The monoisotopic (exact) mass is 275 g/mol. The Hall–Kier alpha value is -1.71. The van der Waals surface area contributed by atoms with Crippen molar-refractivity contribution in [2.75, 3.05) is 27.2 Å². The summed E-state index contributed by atoms with van der Waals surface area (Å²) in [6.45, 7) is 2.64. The number of benzene rings is 1. The minimum absolute atomic E-state index is 0.0935. The van der Waals surface area contributed by atoms with Crippen LogP contribution in [0.1, 0.15) is 25.0 Å². The first-order chi connectivity index (χ1) is 11.7. The molecule has 0 aliphatic rings. The molecule has 3 nitrogen and oxygen atoms in total. The van der Waals surface area contributed by atoms with Crippen molar-refractivity contribution in [2.24, 2.45) is 0 Å². The molecule has 20 heavy (non-hydrogen) atoms. The van der Waals surface area contributed by atoms with Crippen LogP contribution in [-0.4, -0.2) is 37.1 Å². The molecular formula is C17H22N2O. The first-order valence-electron chi connectivity index (χ1n) is 8.97. The molecule has 0 saturated heterocycles. The molecular weight excluding hydrogens is 248 g/mol. The lowest BCUT2D eigenvalue weighted by molar-refractivity contribution is -0.0131. The van der Waals surface area contributed by atoms with E-state index in [9.17, 15) is 0 Å². The Kier molecular flexibility index (Phi) is 3.08. The second kappa shape index (κ2) is 6.64.